The third kappa shape index (κ3) is 4.50. The molecule has 2 N–H and O–H groups in total. The van der Waals surface area contributed by atoms with Crippen molar-refractivity contribution in [3.8, 4) is 0 Å². The second-order valence-electron chi connectivity index (χ2n) is 5.86. The molecular weight excluding hydrogens is 210 g/mol. The third-order valence-corrected chi connectivity index (χ3v) is 3.27. The summed E-state index contributed by atoms with van der Waals surface area (Å²) in [5, 5.41) is 0. The SMILES string of the molecule is CCCCCC(C)(C)Cn1cncc1[C@@H](C)N. The molecule has 0 bridgehead atoms. The van der Waals surface area contributed by atoms with E-state index >= 15 is 0 Å². The summed E-state index contributed by atoms with van der Waals surface area (Å²) in [5.41, 5.74) is 7.39. The number of rotatable bonds is 7. The van der Waals surface area contributed by atoms with Crippen LogP contribution in [-0.4, -0.2) is 9.55 Å². The molecule has 0 saturated carbocycles. The summed E-state index contributed by atoms with van der Waals surface area (Å²) < 4.78 is 2.20. The Balaban J connectivity index is 2.59. The van der Waals surface area contributed by atoms with E-state index in [1.165, 1.54) is 25.7 Å². The molecule has 0 aliphatic rings. The van der Waals surface area contributed by atoms with Gasteiger partial charge in [0, 0.05) is 18.8 Å². The summed E-state index contributed by atoms with van der Waals surface area (Å²) in [6.07, 6.45) is 8.97. The van der Waals surface area contributed by atoms with Crippen molar-refractivity contribution in [3.05, 3.63) is 18.2 Å². The maximum absolute atomic E-state index is 5.94. The van der Waals surface area contributed by atoms with Gasteiger partial charge in [-0.2, -0.15) is 0 Å². The van der Waals surface area contributed by atoms with Crippen molar-refractivity contribution in [2.75, 3.05) is 0 Å². The van der Waals surface area contributed by atoms with Crippen LogP contribution in [0.2, 0.25) is 0 Å². The van der Waals surface area contributed by atoms with E-state index in [-0.39, 0.29) is 6.04 Å². The lowest BCUT2D eigenvalue weighted by atomic mass is 9.86. The Morgan fingerprint density at radius 1 is 1.41 bits per heavy atom. The number of hydrogen-bond acceptors (Lipinski definition) is 2. The quantitative estimate of drug-likeness (QED) is 0.737. The van der Waals surface area contributed by atoms with Gasteiger partial charge >= 0.3 is 0 Å². The molecule has 0 aliphatic heterocycles. The van der Waals surface area contributed by atoms with Crippen molar-refractivity contribution in [1.82, 2.24) is 9.55 Å². The first-order chi connectivity index (χ1) is 7.96. The largest absolute Gasteiger partial charge is 0.333 e. The summed E-state index contributed by atoms with van der Waals surface area (Å²) in [7, 11) is 0. The van der Waals surface area contributed by atoms with Gasteiger partial charge < -0.3 is 10.3 Å². The zero-order valence-corrected chi connectivity index (χ0v) is 11.7. The molecule has 1 heterocycles. The van der Waals surface area contributed by atoms with Crippen LogP contribution < -0.4 is 5.73 Å². The van der Waals surface area contributed by atoms with Crippen molar-refractivity contribution >= 4 is 0 Å². The van der Waals surface area contributed by atoms with Gasteiger partial charge in [0.15, 0.2) is 0 Å². The molecule has 0 unspecified atom stereocenters. The van der Waals surface area contributed by atoms with Gasteiger partial charge in [0.2, 0.25) is 0 Å². The van der Waals surface area contributed by atoms with E-state index < -0.39 is 0 Å². The fraction of sp³-hybridized carbons (Fsp3) is 0.786. The number of imidazole rings is 1. The molecule has 1 rings (SSSR count). The first kappa shape index (κ1) is 14.2. The van der Waals surface area contributed by atoms with E-state index in [0.717, 1.165) is 12.2 Å². The topological polar surface area (TPSA) is 43.8 Å². The van der Waals surface area contributed by atoms with Gasteiger partial charge in [0.25, 0.3) is 0 Å². The van der Waals surface area contributed by atoms with Crippen LogP contribution in [0.25, 0.3) is 0 Å². The molecule has 0 aliphatic carbocycles. The van der Waals surface area contributed by atoms with Crippen molar-refractivity contribution in [2.24, 2.45) is 11.1 Å². The third-order valence-electron chi connectivity index (χ3n) is 3.27. The Morgan fingerprint density at radius 2 is 2.12 bits per heavy atom. The Bertz CT molecular complexity index is 326. The molecule has 1 atom stereocenters. The average molecular weight is 237 g/mol. The Kier molecular flexibility index (Phi) is 5.19. The lowest BCUT2D eigenvalue weighted by molar-refractivity contribution is 0.267. The Hall–Kier alpha value is -0.830. The Morgan fingerprint density at radius 3 is 2.71 bits per heavy atom. The van der Waals surface area contributed by atoms with Crippen LogP contribution in [0.5, 0.6) is 0 Å². The molecule has 0 spiro atoms. The van der Waals surface area contributed by atoms with Crippen LogP contribution >= 0.6 is 0 Å². The summed E-state index contributed by atoms with van der Waals surface area (Å²) in [4.78, 5) is 4.21. The van der Waals surface area contributed by atoms with E-state index in [1.54, 1.807) is 0 Å². The van der Waals surface area contributed by atoms with E-state index in [2.05, 4.69) is 30.3 Å². The predicted molar refractivity (Wildman–Crippen MR) is 72.8 cm³/mol. The molecular formula is C14H27N3. The Labute approximate surface area is 105 Å². The zero-order chi connectivity index (χ0) is 12.9. The maximum Gasteiger partial charge on any atom is 0.0948 e. The molecule has 3 heteroatoms. The molecule has 0 amide bonds. The first-order valence-corrected chi connectivity index (χ1v) is 6.72. The highest BCUT2D eigenvalue weighted by Gasteiger charge is 2.20. The van der Waals surface area contributed by atoms with E-state index in [0.29, 0.717) is 5.41 Å². The molecule has 3 nitrogen and oxygen atoms in total. The zero-order valence-electron chi connectivity index (χ0n) is 11.7. The molecule has 0 saturated heterocycles. The van der Waals surface area contributed by atoms with Crippen LogP contribution in [-0.2, 0) is 6.54 Å². The van der Waals surface area contributed by atoms with Crippen LogP contribution in [0.1, 0.15) is 65.1 Å². The van der Waals surface area contributed by atoms with Crippen molar-refractivity contribution in [1.29, 1.82) is 0 Å². The van der Waals surface area contributed by atoms with Crippen molar-refractivity contribution in [2.45, 2.75) is 66.0 Å². The van der Waals surface area contributed by atoms with Gasteiger partial charge in [-0.25, -0.2) is 4.98 Å². The minimum atomic E-state index is 0.0592. The lowest BCUT2D eigenvalue weighted by Crippen LogP contribution is -2.22. The maximum atomic E-state index is 5.94. The van der Waals surface area contributed by atoms with Crippen LogP contribution in [0.4, 0.5) is 0 Å². The fourth-order valence-corrected chi connectivity index (χ4v) is 2.24. The number of nitrogens with two attached hydrogens (primary N) is 1. The van der Waals surface area contributed by atoms with Gasteiger partial charge in [-0.1, -0.05) is 40.0 Å². The molecule has 98 valence electrons. The number of aromatic nitrogens is 2. The summed E-state index contributed by atoms with van der Waals surface area (Å²) >= 11 is 0. The predicted octanol–water partition coefficient (Wildman–Crippen LogP) is 3.51. The summed E-state index contributed by atoms with van der Waals surface area (Å²) in [6, 6.07) is 0.0592. The van der Waals surface area contributed by atoms with Crippen LogP contribution in [0.3, 0.4) is 0 Å². The van der Waals surface area contributed by atoms with Gasteiger partial charge in [0.1, 0.15) is 0 Å². The van der Waals surface area contributed by atoms with E-state index in [1.807, 2.05) is 19.4 Å². The van der Waals surface area contributed by atoms with Gasteiger partial charge in [-0.3, -0.25) is 0 Å². The lowest BCUT2D eigenvalue weighted by Gasteiger charge is -2.26. The van der Waals surface area contributed by atoms with Crippen LogP contribution in [0.15, 0.2) is 12.5 Å². The summed E-state index contributed by atoms with van der Waals surface area (Å²) in [6.45, 7) is 9.92. The minimum Gasteiger partial charge on any atom is -0.333 e. The van der Waals surface area contributed by atoms with Crippen LogP contribution in [0, 0.1) is 5.41 Å². The van der Waals surface area contributed by atoms with Gasteiger partial charge in [-0.05, 0) is 18.8 Å². The molecule has 0 fully saturated rings. The van der Waals surface area contributed by atoms with E-state index in [9.17, 15) is 0 Å². The highest BCUT2D eigenvalue weighted by Crippen LogP contribution is 2.27. The second kappa shape index (κ2) is 6.20. The second-order valence-corrected chi connectivity index (χ2v) is 5.86. The number of hydrogen-bond donors (Lipinski definition) is 1. The molecule has 0 radical (unpaired) electrons. The summed E-state index contributed by atoms with van der Waals surface area (Å²) in [5.74, 6) is 0. The standard InChI is InChI=1S/C14H27N3/c1-5-6-7-8-14(3,4)10-17-11-16-9-13(17)12(2)15/h9,11-12H,5-8,10,15H2,1-4H3/t12-/m1/s1. The molecule has 1 aromatic rings. The fourth-order valence-electron chi connectivity index (χ4n) is 2.24. The number of unbranched alkanes of at least 4 members (excludes halogenated alkanes) is 2. The number of nitrogens with zero attached hydrogens (tertiary/aromatic N) is 2. The molecule has 1 aromatic heterocycles. The smallest absolute Gasteiger partial charge is 0.0948 e. The molecule has 17 heavy (non-hydrogen) atoms. The minimum absolute atomic E-state index is 0.0592. The van der Waals surface area contributed by atoms with Crippen molar-refractivity contribution < 1.29 is 0 Å². The van der Waals surface area contributed by atoms with Crippen molar-refractivity contribution in [3.63, 3.8) is 0 Å². The first-order valence-electron chi connectivity index (χ1n) is 6.72. The van der Waals surface area contributed by atoms with Gasteiger partial charge in [-0.15, -0.1) is 0 Å². The van der Waals surface area contributed by atoms with Gasteiger partial charge in [0.05, 0.1) is 12.0 Å². The average Bonchev–Trinajstić information content (AvgIpc) is 2.65. The highest BCUT2D eigenvalue weighted by atomic mass is 15.1. The van der Waals surface area contributed by atoms with E-state index in [4.69, 9.17) is 5.73 Å². The monoisotopic (exact) mass is 237 g/mol. The normalized spacial score (nSPS) is 13.9. The highest BCUT2D eigenvalue weighted by molar-refractivity contribution is 5.03. The molecule has 0 aromatic carbocycles.